The van der Waals surface area contributed by atoms with Crippen molar-refractivity contribution in [3.63, 3.8) is 0 Å². The molecule has 0 aliphatic rings. The van der Waals surface area contributed by atoms with Crippen LogP contribution in [0.3, 0.4) is 0 Å². The molecular weight excluding hydrogens is 383 g/mol. The van der Waals surface area contributed by atoms with E-state index in [2.05, 4.69) is 19.1 Å². The Balaban J connectivity index is 1.79. The second-order valence-corrected chi connectivity index (χ2v) is 7.37. The molecule has 0 bridgehead atoms. The van der Waals surface area contributed by atoms with Gasteiger partial charge in [0, 0.05) is 13.0 Å². The fourth-order valence-corrected chi connectivity index (χ4v) is 3.70. The van der Waals surface area contributed by atoms with Crippen LogP contribution in [0.15, 0.2) is 48.5 Å². The van der Waals surface area contributed by atoms with Gasteiger partial charge >= 0.3 is 0 Å². The van der Waals surface area contributed by atoms with Crippen molar-refractivity contribution in [1.82, 2.24) is 14.3 Å². The predicted octanol–water partition coefficient (Wildman–Crippen LogP) is 3.49. The van der Waals surface area contributed by atoms with Gasteiger partial charge in [0.25, 0.3) is 0 Å². The van der Waals surface area contributed by atoms with Crippen LogP contribution in [0.4, 0.5) is 4.39 Å². The SMILES string of the molecule is CCn1c(Cc2ccccc2)nn(C[NH+](C)Cc2c(F)cccc2Cl)c1=S. The number of aromatic nitrogens is 3. The average molecular weight is 406 g/mol. The Labute approximate surface area is 168 Å². The van der Waals surface area contributed by atoms with Crippen molar-refractivity contribution in [3.05, 3.63) is 81.1 Å². The number of quaternary nitrogens is 1. The predicted molar refractivity (Wildman–Crippen MR) is 108 cm³/mol. The monoisotopic (exact) mass is 405 g/mol. The lowest BCUT2D eigenvalue weighted by Gasteiger charge is -2.15. The molecule has 1 aromatic heterocycles. The molecule has 0 aliphatic carbocycles. The highest BCUT2D eigenvalue weighted by atomic mass is 35.5. The molecule has 0 spiro atoms. The van der Waals surface area contributed by atoms with E-state index in [-0.39, 0.29) is 5.82 Å². The first-order chi connectivity index (χ1) is 13.0. The fourth-order valence-electron chi connectivity index (χ4n) is 3.13. The third-order valence-corrected chi connectivity index (χ3v) is 5.27. The van der Waals surface area contributed by atoms with Crippen molar-refractivity contribution in [2.24, 2.45) is 0 Å². The number of rotatable bonds is 7. The van der Waals surface area contributed by atoms with Crippen molar-refractivity contribution >= 4 is 23.8 Å². The van der Waals surface area contributed by atoms with E-state index in [1.807, 2.05) is 34.5 Å². The summed E-state index contributed by atoms with van der Waals surface area (Å²) in [4.78, 5) is 1.05. The van der Waals surface area contributed by atoms with E-state index < -0.39 is 0 Å². The molecule has 2 aromatic carbocycles. The summed E-state index contributed by atoms with van der Waals surface area (Å²) in [5, 5.41) is 5.18. The summed E-state index contributed by atoms with van der Waals surface area (Å²) in [6.45, 7) is 3.82. The summed E-state index contributed by atoms with van der Waals surface area (Å²) in [6.07, 6.45) is 0.726. The van der Waals surface area contributed by atoms with Crippen LogP contribution in [0, 0.1) is 10.6 Å². The van der Waals surface area contributed by atoms with Gasteiger partial charge in [-0.05, 0) is 36.8 Å². The van der Waals surface area contributed by atoms with Crippen LogP contribution in [-0.2, 0) is 26.2 Å². The van der Waals surface area contributed by atoms with Gasteiger partial charge in [0.05, 0.1) is 17.6 Å². The summed E-state index contributed by atoms with van der Waals surface area (Å²) in [5.41, 5.74) is 1.71. The highest BCUT2D eigenvalue weighted by Gasteiger charge is 2.16. The van der Waals surface area contributed by atoms with E-state index in [0.717, 1.165) is 23.7 Å². The standard InChI is InChI=1S/C20H22ClFN4S/c1-3-25-19(12-15-8-5-4-6-9-15)23-26(20(25)27)14-24(2)13-16-17(21)10-7-11-18(16)22/h4-11H,3,12-14H2,1-2H3/p+1. The molecule has 1 atom stereocenters. The largest absolute Gasteiger partial charge is 0.315 e. The van der Waals surface area contributed by atoms with Gasteiger partial charge in [-0.1, -0.05) is 48.0 Å². The van der Waals surface area contributed by atoms with Gasteiger partial charge in [0.2, 0.25) is 4.77 Å². The molecule has 0 radical (unpaired) electrons. The molecule has 142 valence electrons. The lowest BCUT2D eigenvalue weighted by molar-refractivity contribution is -0.917. The van der Waals surface area contributed by atoms with Crippen LogP contribution in [0.25, 0.3) is 0 Å². The molecule has 27 heavy (non-hydrogen) atoms. The number of hydrogen-bond donors (Lipinski definition) is 1. The molecule has 0 saturated carbocycles. The van der Waals surface area contributed by atoms with Gasteiger partial charge in [-0.15, -0.1) is 0 Å². The van der Waals surface area contributed by atoms with Crippen molar-refractivity contribution in [2.75, 3.05) is 7.05 Å². The Morgan fingerprint density at radius 1 is 1.15 bits per heavy atom. The summed E-state index contributed by atoms with van der Waals surface area (Å²) in [5.74, 6) is 0.653. The first-order valence-corrected chi connectivity index (χ1v) is 9.72. The van der Waals surface area contributed by atoms with Crippen LogP contribution in [0.1, 0.15) is 23.9 Å². The van der Waals surface area contributed by atoms with E-state index in [4.69, 9.17) is 28.9 Å². The quantitative estimate of drug-likeness (QED) is 0.609. The molecule has 1 heterocycles. The van der Waals surface area contributed by atoms with Crippen molar-refractivity contribution in [3.8, 4) is 0 Å². The third-order valence-electron chi connectivity index (χ3n) is 4.48. The van der Waals surface area contributed by atoms with E-state index in [0.29, 0.717) is 28.6 Å². The van der Waals surface area contributed by atoms with Gasteiger partial charge in [0.15, 0.2) is 6.67 Å². The lowest BCUT2D eigenvalue weighted by Crippen LogP contribution is -3.07. The first kappa shape index (κ1) is 19.7. The number of benzene rings is 2. The number of halogens is 2. The zero-order valence-corrected chi connectivity index (χ0v) is 17.0. The van der Waals surface area contributed by atoms with Gasteiger partial charge in [0.1, 0.15) is 18.2 Å². The molecule has 4 nitrogen and oxygen atoms in total. The minimum Gasteiger partial charge on any atom is -0.315 e. The van der Waals surface area contributed by atoms with Gasteiger partial charge in [-0.25, -0.2) is 4.39 Å². The van der Waals surface area contributed by atoms with Gasteiger partial charge in [-0.3, -0.25) is 0 Å². The molecule has 3 rings (SSSR count). The highest BCUT2D eigenvalue weighted by molar-refractivity contribution is 7.71. The van der Waals surface area contributed by atoms with Crippen LogP contribution in [-0.4, -0.2) is 21.4 Å². The lowest BCUT2D eigenvalue weighted by atomic mass is 10.1. The zero-order chi connectivity index (χ0) is 19.4. The molecule has 0 saturated heterocycles. The van der Waals surface area contributed by atoms with Crippen LogP contribution < -0.4 is 4.90 Å². The van der Waals surface area contributed by atoms with E-state index in [1.54, 1.807) is 12.1 Å². The van der Waals surface area contributed by atoms with E-state index >= 15 is 0 Å². The number of nitrogens with zero attached hydrogens (tertiary/aromatic N) is 3. The maximum Gasteiger partial charge on any atom is 0.202 e. The van der Waals surface area contributed by atoms with Crippen LogP contribution >= 0.6 is 23.8 Å². The number of hydrogen-bond acceptors (Lipinski definition) is 2. The van der Waals surface area contributed by atoms with Crippen LogP contribution in [0.5, 0.6) is 0 Å². The van der Waals surface area contributed by atoms with Gasteiger partial charge < -0.3 is 9.47 Å². The number of nitrogens with one attached hydrogen (secondary N) is 1. The molecule has 0 aliphatic heterocycles. The minimum atomic E-state index is -0.283. The van der Waals surface area contributed by atoms with Crippen LogP contribution in [0.2, 0.25) is 5.02 Å². The topological polar surface area (TPSA) is 27.2 Å². The Morgan fingerprint density at radius 3 is 2.56 bits per heavy atom. The Morgan fingerprint density at radius 2 is 1.89 bits per heavy atom. The smallest absolute Gasteiger partial charge is 0.202 e. The molecule has 7 heteroatoms. The fraction of sp³-hybridized carbons (Fsp3) is 0.300. The second kappa shape index (κ2) is 8.78. The summed E-state index contributed by atoms with van der Waals surface area (Å²) >= 11 is 11.8. The maximum absolute atomic E-state index is 14.0. The van der Waals surface area contributed by atoms with E-state index in [1.165, 1.54) is 11.6 Å². The van der Waals surface area contributed by atoms with Crippen molar-refractivity contribution in [2.45, 2.75) is 33.1 Å². The Hall–Kier alpha value is -2.02. The minimum absolute atomic E-state index is 0.283. The molecule has 1 unspecified atom stereocenters. The second-order valence-electron chi connectivity index (χ2n) is 6.60. The molecular formula is C20H23ClFN4S+. The average Bonchev–Trinajstić information content (AvgIpc) is 2.93. The Bertz CT molecular complexity index is 948. The van der Waals surface area contributed by atoms with Crippen molar-refractivity contribution < 1.29 is 9.29 Å². The third kappa shape index (κ3) is 4.64. The van der Waals surface area contributed by atoms with E-state index in [9.17, 15) is 4.39 Å². The van der Waals surface area contributed by atoms with Crippen molar-refractivity contribution in [1.29, 1.82) is 0 Å². The molecule has 1 N–H and O–H groups in total. The first-order valence-electron chi connectivity index (χ1n) is 8.94. The Kier molecular flexibility index (Phi) is 6.42. The summed E-state index contributed by atoms with van der Waals surface area (Å²) in [7, 11) is 1.98. The molecule has 0 fully saturated rings. The summed E-state index contributed by atoms with van der Waals surface area (Å²) < 4.78 is 18.6. The summed E-state index contributed by atoms with van der Waals surface area (Å²) in [6, 6.07) is 15.0. The zero-order valence-electron chi connectivity index (χ0n) is 15.5. The molecule has 0 amide bonds. The highest BCUT2D eigenvalue weighted by Crippen LogP contribution is 2.17. The molecule has 3 aromatic rings. The normalized spacial score (nSPS) is 12.3. The van der Waals surface area contributed by atoms with Gasteiger partial charge in [-0.2, -0.15) is 9.78 Å². The maximum atomic E-state index is 14.0.